The lowest BCUT2D eigenvalue weighted by molar-refractivity contribution is -0.132. The van der Waals surface area contributed by atoms with Gasteiger partial charge < -0.3 is 15.4 Å². The quantitative estimate of drug-likeness (QED) is 0.842. The zero-order valence-corrected chi connectivity index (χ0v) is 12.6. The highest BCUT2D eigenvalue weighted by Gasteiger charge is 2.22. The van der Waals surface area contributed by atoms with Gasteiger partial charge in [0, 0.05) is 13.6 Å². The lowest BCUT2D eigenvalue weighted by atomic mass is 9.99. The summed E-state index contributed by atoms with van der Waals surface area (Å²) < 4.78 is 28.4. The van der Waals surface area contributed by atoms with Crippen LogP contribution in [-0.4, -0.2) is 30.5 Å². The number of carbonyl (C=O) groups is 1. The smallest absolute Gasteiger partial charge is 0.387 e. The molecule has 118 valence electrons. The van der Waals surface area contributed by atoms with Crippen molar-refractivity contribution in [2.24, 2.45) is 11.7 Å². The van der Waals surface area contributed by atoms with Gasteiger partial charge >= 0.3 is 6.61 Å². The Morgan fingerprint density at radius 1 is 1.33 bits per heavy atom. The third-order valence-corrected chi connectivity index (χ3v) is 3.49. The minimum absolute atomic E-state index is 0.0963. The molecule has 2 atom stereocenters. The zero-order chi connectivity index (χ0) is 16.0. The summed E-state index contributed by atoms with van der Waals surface area (Å²) in [5.41, 5.74) is 6.73. The van der Waals surface area contributed by atoms with Crippen LogP contribution in [0.2, 0.25) is 0 Å². The molecule has 0 unspecified atom stereocenters. The summed E-state index contributed by atoms with van der Waals surface area (Å²) in [4.78, 5) is 13.7. The molecule has 0 aliphatic carbocycles. The first kappa shape index (κ1) is 17.4. The van der Waals surface area contributed by atoms with Gasteiger partial charge in [0.15, 0.2) is 0 Å². The molecule has 0 bridgehead atoms. The molecule has 0 fully saturated rings. The van der Waals surface area contributed by atoms with Crippen LogP contribution in [0, 0.1) is 5.92 Å². The number of rotatable bonds is 7. The number of nitrogens with two attached hydrogens (primary N) is 1. The Hall–Kier alpha value is -1.69. The molecule has 0 aliphatic heterocycles. The Morgan fingerprint density at radius 2 is 1.90 bits per heavy atom. The van der Waals surface area contributed by atoms with Crippen LogP contribution in [0.3, 0.4) is 0 Å². The Morgan fingerprint density at radius 3 is 2.38 bits per heavy atom. The average molecular weight is 300 g/mol. The van der Waals surface area contributed by atoms with Gasteiger partial charge in [-0.05, 0) is 23.6 Å². The summed E-state index contributed by atoms with van der Waals surface area (Å²) in [5.74, 6) is 0.0815. The van der Waals surface area contributed by atoms with Crippen LogP contribution < -0.4 is 10.5 Å². The van der Waals surface area contributed by atoms with Gasteiger partial charge in [-0.15, -0.1) is 0 Å². The summed E-state index contributed by atoms with van der Waals surface area (Å²) >= 11 is 0. The monoisotopic (exact) mass is 300 g/mol. The molecule has 1 rings (SSSR count). The van der Waals surface area contributed by atoms with Crippen LogP contribution in [0.4, 0.5) is 8.78 Å². The SMILES string of the molecule is CC[C@H](C)[C@H](N)C(=O)N(C)Cc1ccc(OC(F)F)cc1. The van der Waals surface area contributed by atoms with Crippen LogP contribution >= 0.6 is 0 Å². The molecule has 2 N–H and O–H groups in total. The van der Waals surface area contributed by atoms with E-state index in [1.807, 2.05) is 13.8 Å². The number of hydrogen-bond acceptors (Lipinski definition) is 3. The van der Waals surface area contributed by atoms with E-state index in [1.165, 1.54) is 12.1 Å². The van der Waals surface area contributed by atoms with E-state index in [0.29, 0.717) is 6.54 Å². The number of likely N-dealkylation sites (N-methyl/N-ethyl adjacent to an activating group) is 1. The van der Waals surface area contributed by atoms with Crippen LogP contribution in [-0.2, 0) is 11.3 Å². The zero-order valence-electron chi connectivity index (χ0n) is 12.6. The minimum Gasteiger partial charge on any atom is -0.435 e. The van der Waals surface area contributed by atoms with Crippen LogP contribution in [0.15, 0.2) is 24.3 Å². The number of ether oxygens (including phenoxy) is 1. The van der Waals surface area contributed by atoms with E-state index in [-0.39, 0.29) is 17.6 Å². The summed E-state index contributed by atoms with van der Waals surface area (Å²) in [6, 6.07) is 5.68. The highest BCUT2D eigenvalue weighted by Crippen LogP contribution is 2.16. The van der Waals surface area contributed by atoms with E-state index in [1.54, 1.807) is 24.1 Å². The molecule has 4 nitrogen and oxygen atoms in total. The molecule has 0 heterocycles. The van der Waals surface area contributed by atoms with E-state index in [9.17, 15) is 13.6 Å². The molecule has 0 radical (unpaired) electrons. The third-order valence-electron chi connectivity index (χ3n) is 3.49. The Bertz CT molecular complexity index is 451. The van der Waals surface area contributed by atoms with Crippen molar-refractivity contribution in [3.05, 3.63) is 29.8 Å². The van der Waals surface area contributed by atoms with Gasteiger partial charge in [0.2, 0.25) is 5.91 Å². The third kappa shape index (κ3) is 5.30. The minimum atomic E-state index is -2.84. The van der Waals surface area contributed by atoms with Gasteiger partial charge in [-0.2, -0.15) is 8.78 Å². The Kier molecular flexibility index (Phi) is 6.55. The number of benzene rings is 1. The first-order valence-electron chi connectivity index (χ1n) is 6.89. The molecule has 0 aliphatic rings. The molecule has 0 saturated carbocycles. The summed E-state index contributed by atoms with van der Waals surface area (Å²) in [7, 11) is 1.67. The van der Waals surface area contributed by atoms with Crippen LogP contribution in [0.25, 0.3) is 0 Å². The average Bonchev–Trinajstić information content (AvgIpc) is 2.46. The number of carbonyl (C=O) groups excluding carboxylic acids is 1. The predicted octanol–water partition coefficient (Wildman–Crippen LogP) is 2.62. The fraction of sp³-hybridized carbons (Fsp3) is 0.533. The van der Waals surface area contributed by atoms with Gasteiger partial charge in [-0.25, -0.2) is 0 Å². The number of nitrogens with zero attached hydrogens (tertiary/aromatic N) is 1. The van der Waals surface area contributed by atoms with E-state index < -0.39 is 12.7 Å². The molecule has 0 aromatic heterocycles. The number of hydrogen-bond donors (Lipinski definition) is 1. The van der Waals surface area contributed by atoms with Crippen molar-refractivity contribution in [1.82, 2.24) is 4.90 Å². The summed E-state index contributed by atoms with van der Waals surface area (Å²) in [6.45, 7) is 1.46. The van der Waals surface area contributed by atoms with Crippen molar-refractivity contribution in [3.8, 4) is 5.75 Å². The maximum Gasteiger partial charge on any atom is 0.387 e. The predicted molar refractivity (Wildman–Crippen MR) is 77.0 cm³/mol. The van der Waals surface area contributed by atoms with Gasteiger partial charge in [-0.3, -0.25) is 4.79 Å². The van der Waals surface area contributed by atoms with Gasteiger partial charge in [0.05, 0.1) is 6.04 Å². The van der Waals surface area contributed by atoms with E-state index in [4.69, 9.17) is 5.73 Å². The Labute approximate surface area is 123 Å². The Balaban J connectivity index is 2.62. The topological polar surface area (TPSA) is 55.6 Å². The van der Waals surface area contributed by atoms with Crippen molar-refractivity contribution in [2.75, 3.05) is 7.05 Å². The highest BCUT2D eigenvalue weighted by molar-refractivity contribution is 5.81. The van der Waals surface area contributed by atoms with Gasteiger partial charge in [0.1, 0.15) is 5.75 Å². The van der Waals surface area contributed by atoms with E-state index in [0.717, 1.165) is 12.0 Å². The largest absolute Gasteiger partial charge is 0.435 e. The lowest BCUT2D eigenvalue weighted by Gasteiger charge is -2.24. The molecule has 6 heteroatoms. The molecular formula is C15H22F2N2O2. The first-order chi connectivity index (χ1) is 9.85. The molecule has 1 amide bonds. The molecular weight excluding hydrogens is 278 g/mol. The molecule has 0 spiro atoms. The van der Waals surface area contributed by atoms with E-state index in [2.05, 4.69) is 4.74 Å². The lowest BCUT2D eigenvalue weighted by Crippen LogP contribution is -2.45. The second kappa shape index (κ2) is 7.93. The molecule has 1 aromatic carbocycles. The molecule has 21 heavy (non-hydrogen) atoms. The fourth-order valence-electron chi connectivity index (χ4n) is 1.88. The molecule has 1 aromatic rings. The van der Waals surface area contributed by atoms with Gasteiger partial charge in [-0.1, -0.05) is 32.4 Å². The van der Waals surface area contributed by atoms with Crippen molar-refractivity contribution >= 4 is 5.91 Å². The second-order valence-electron chi connectivity index (χ2n) is 5.13. The van der Waals surface area contributed by atoms with Crippen molar-refractivity contribution in [3.63, 3.8) is 0 Å². The van der Waals surface area contributed by atoms with Crippen molar-refractivity contribution in [1.29, 1.82) is 0 Å². The van der Waals surface area contributed by atoms with E-state index >= 15 is 0 Å². The fourth-order valence-corrected chi connectivity index (χ4v) is 1.88. The normalized spacial score (nSPS) is 13.9. The first-order valence-corrected chi connectivity index (χ1v) is 6.89. The number of amides is 1. The standard InChI is InChI=1S/C15H22F2N2O2/c1-4-10(2)13(18)14(20)19(3)9-11-5-7-12(8-6-11)21-15(16)17/h5-8,10,13,15H,4,9,18H2,1-3H3/t10-,13-/m0/s1. The van der Waals surface area contributed by atoms with Crippen LogP contribution in [0.5, 0.6) is 5.75 Å². The highest BCUT2D eigenvalue weighted by atomic mass is 19.3. The van der Waals surface area contributed by atoms with Crippen molar-refractivity contribution < 1.29 is 18.3 Å². The number of alkyl halides is 2. The molecule has 0 saturated heterocycles. The second-order valence-corrected chi connectivity index (χ2v) is 5.13. The maximum absolute atomic E-state index is 12.1. The van der Waals surface area contributed by atoms with Crippen LogP contribution in [0.1, 0.15) is 25.8 Å². The van der Waals surface area contributed by atoms with Gasteiger partial charge in [0.25, 0.3) is 0 Å². The summed E-state index contributed by atoms with van der Waals surface area (Å²) in [6.07, 6.45) is 0.834. The van der Waals surface area contributed by atoms with Crippen molar-refractivity contribution in [2.45, 2.75) is 39.5 Å². The maximum atomic E-state index is 12.1. The number of halogens is 2. The summed E-state index contributed by atoms with van der Waals surface area (Å²) in [5, 5.41) is 0.